The number of para-hydroxylation sites is 2. The predicted octanol–water partition coefficient (Wildman–Crippen LogP) is 13.9. The van der Waals surface area contributed by atoms with Crippen LogP contribution in [0, 0.1) is 0 Å². The SMILES string of the molecule is CC1(C)c2ccccc2-c2ccc(N(c3ccc(-c4ccccc4)cc3)c3ccc(-c4cccc(-n5c6ccccc6c6ccccc65)c4)cc3)cc21. The van der Waals surface area contributed by atoms with Crippen LogP contribution in [-0.4, -0.2) is 4.57 Å². The van der Waals surface area contributed by atoms with Crippen LogP contribution in [0.25, 0.3) is 60.9 Å². The van der Waals surface area contributed by atoms with Gasteiger partial charge in [0, 0.05) is 38.9 Å². The van der Waals surface area contributed by atoms with Crippen molar-refractivity contribution in [2.75, 3.05) is 4.90 Å². The minimum Gasteiger partial charge on any atom is -0.310 e. The third kappa shape index (κ3) is 5.10. The number of hydrogen-bond donors (Lipinski definition) is 0. The van der Waals surface area contributed by atoms with Gasteiger partial charge in [0.05, 0.1) is 11.0 Å². The van der Waals surface area contributed by atoms with E-state index in [9.17, 15) is 0 Å². The maximum atomic E-state index is 2.41. The van der Waals surface area contributed by atoms with E-state index in [2.05, 4.69) is 217 Å². The molecule has 252 valence electrons. The normalized spacial score (nSPS) is 12.9. The Morgan fingerprint density at radius 2 is 0.887 bits per heavy atom. The van der Waals surface area contributed by atoms with Gasteiger partial charge in [-0.3, -0.25) is 0 Å². The molecule has 0 saturated carbocycles. The standard InChI is InChI=1S/C51H38N2/c1-51(2)47-20-9-6-17-43(47)44-32-31-42(34-48(44)51)52(39-27-23-36(24-28-39)35-13-4-3-5-14-35)40-29-25-37(26-30-40)38-15-12-16-41(33-38)53-49-21-10-7-18-45(49)46-19-8-11-22-50(46)53/h3-34H,1-2H3. The van der Waals surface area contributed by atoms with Gasteiger partial charge in [-0.2, -0.15) is 0 Å². The second kappa shape index (κ2) is 12.3. The Morgan fingerprint density at radius 3 is 1.57 bits per heavy atom. The summed E-state index contributed by atoms with van der Waals surface area (Å²) in [6, 6.07) is 70.8. The minimum absolute atomic E-state index is 0.0873. The van der Waals surface area contributed by atoms with Crippen LogP contribution >= 0.6 is 0 Å². The summed E-state index contributed by atoms with van der Waals surface area (Å²) in [4.78, 5) is 2.40. The molecule has 0 saturated heterocycles. The van der Waals surface area contributed by atoms with Crippen LogP contribution in [0.4, 0.5) is 17.1 Å². The monoisotopic (exact) mass is 678 g/mol. The molecule has 0 aliphatic heterocycles. The fourth-order valence-electron chi connectivity index (χ4n) is 8.54. The lowest BCUT2D eigenvalue weighted by atomic mass is 9.82. The van der Waals surface area contributed by atoms with E-state index in [4.69, 9.17) is 0 Å². The van der Waals surface area contributed by atoms with Crippen LogP contribution in [0.2, 0.25) is 0 Å². The zero-order chi connectivity index (χ0) is 35.5. The molecule has 0 fully saturated rings. The maximum absolute atomic E-state index is 2.41. The van der Waals surface area contributed by atoms with E-state index in [-0.39, 0.29) is 5.41 Å². The predicted molar refractivity (Wildman–Crippen MR) is 224 cm³/mol. The number of hydrogen-bond acceptors (Lipinski definition) is 1. The first-order valence-corrected chi connectivity index (χ1v) is 18.4. The second-order valence-corrected chi connectivity index (χ2v) is 14.6. The van der Waals surface area contributed by atoms with Crippen molar-refractivity contribution < 1.29 is 0 Å². The summed E-state index contributed by atoms with van der Waals surface area (Å²) in [5, 5.41) is 2.54. The van der Waals surface area contributed by atoms with E-state index < -0.39 is 0 Å². The minimum atomic E-state index is -0.0873. The van der Waals surface area contributed by atoms with Gasteiger partial charge in [0.15, 0.2) is 0 Å². The highest BCUT2D eigenvalue weighted by atomic mass is 15.1. The van der Waals surface area contributed by atoms with Crippen molar-refractivity contribution in [3.63, 3.8) is 0 Å². The van der Waals surface area contributed by atoms with Crippen molar-refractivity contribution in [3.8, 4) is 39.1 Å². The summed E-state index contributed by atoms with van der Waals surface area (Å²) in [7, 11) is 0. The highest BCUT2D eigenvalue weighted by Gasteiger charge is 2.35. The Balaban J connectivity index is 1.06. The molecule has 1 heterocycles. The number of rotatable bonds is 6. The van der Waals surface area contributed by atoms with Crippen LogP contribution in [0.15, 0.2) is 194 Å². The van der Waals surface area contributed by atoms with Gasteiger partial charge in [0.1, 0.15) is 0 Å². The Bertz CT molecular complexity index is 2730. The van der Waals surface area contributed by atoms with Crippen molar-refractivity contribution in [3.05, 3.63) is 205 Å². The van der Waals surface area contributed by atoms with Gasteiger partial charge in [0.2, 0.25) is 0 Å². The number of fused-ring (bicyclic) bond motifs is 6. The lowest BCUT2D eigenvalue weighted by Gasteiger charge is -2.28. The van der Waals surface area contributed by atoms with Crippen molar-refractivity contribution in [2.45, 2.75) is 19.3 Å². The molecule has 0 bridgehead atoms. The number of anilines is 3. The lowest BCUT2D eigenvalue weighted by Crippen LogP contribution is -2.16. The Hall–Kier alpha value is -6.64. The molecule has 1 aromatic heterocycles. The summed E-state index contributed by atoms with van der Waals surface area (Å²) in [5.41, 5.74) is 17.1. The van der Waals surface area contributed by atoms with Crippen LogP contribution in [0.1, 0.15) is 25.0 Å². The molecule has 0 amide bonds. The molecule has 9 aromatic rings. The van der Waals surface area contributed by atoms with E-state index in [1.807, 2.05) is 0 Å². The summed E-state index contributed by atoms with van der Waals surface area (Å²) in [6.07, 6.45) is 0. The first-order valence-electron chi connectivity index (χ1n) is 18.4. The average Bonchev–Trinajstić information content (AvgIpc) is 3.67. The van der Waals surface area contributed by atoms with E-state index in [0.717, 1.165) is 22.7 Å². The van der Waals surface area contributed by atoms with Crippen LogP contribution in [0.5, 0.6) is 0 Å². The molecular weight excluding hydrogens is 641 g/mol. The molecule has 0 N–H and O–H groups in total. The first-order chi connectivity index (χ1) is 26.0. The molecule has 0 unspecified atom stereocenters. The van der Waals surface area contributed by atoms with Gasteiger partial charge < -0.3 is 9.47 Å². The number of benzene rings is 8. The van der Waals surface area contributed by atoms with E-state index in [1.165, 1.54) is 66.3 Å². The van der Waals surface area contributed by atoms with Gasteiger partial charge >= 0.3 is 0 Å². The molecule has 53 heavy (non-hydrogen) atoms. The average molecular weight is 679 g/mol. The van der Waals surface area contributed by atoms with Crippen molar-refractivity contribution in [1.82, 2.24) is 4.57 Å². The van der Waals surface area contributed by atoms with Gasteiger partial charge in [-0.15, -0.1) is 0 Å². The molecule has 0 radical (unpaired) electrons. The highest BCUT2D eigenvalue weighted by molar-refractivity contribution is 6.09. The molecule has 8 aromatic carbocycles. The highest BCUT2D eigenvalue weighted by Crippen LogP contribution is 2.50. The molecule has 0 spiro atoms. The van der Waals surface area contributed by atoms with Crippen molar-refractivity contribution >= 4 is 38.9 Å². The molecule has 0 atom stereocenters. The quantitative estimate of drug-likeness (QED) is 0.170. The Labute approximate surface area is 310 Å². The molecule has 10 rings (SSSR count). The third-order valence-electron chi connectivity index (χ3n) is 11.2. The fourth-order valence-corrected chi connectivity index (χ4v) is 8.54. The van der Waals surface area contributed by atoms with Gasteiger partial charge in [0.25, 0.3) is 0 Å². The van der Waals surface area contributed by atoms with E-state index >= 15 is 0 Å². The van der Waals surface area contributed by atoms with Crippen molar-refractivity contribution in [1.29, 1.82) is 0 Å². The molecule has 2 nitrogen and oxygen atoms in total. The summed E-state index contributed by atoms with van der Waals surface area (Å²) < 4.78 is 2.39. The zero-order valence-corrected chi connectivity index (χ0v) is 29.9. The smallest absolute Gasteiger partial charge is 0.0541 e. The van der Waals surface area contributed by atoms with Crippen LogP contribution in [-0.2, 0) is 5.41 Å². The zero-order valence-electron chi connectivity index (χ0n) is 29.9. The van der Waals surface area contributed by atoms with Crippen LogP contribution in [0.3, 0.4) is 0 Å². The molecule has 2 heteroatoms. The third-order valence-corrected chi connectivity index (χ3v) is 11.2. The molecule has 1 aliphatic carbocycles. The topological polar surface area (TPSA) is 8.17 Å². The van der Waals surface area contributed by atoms with Gasteiger partial charge in [-0.25, -0.2) is 0 Å². The van der Waals surface area contributed by atoms with E-state index in [0.29, 0.717) is 0 Å². The summed E-state index contributed by atoms with van der Waals surface area (Å²) >= 11 is 0. The summed E-state index contributed by atoms with van der Waals surface area (Å²) in [6.45, 7) is 4.70. The summed E-state index contributed by atoms with van der Waals surface area (Å²) in [5.74, 6) is 0. The molecule has 1 aliphatic rings. The van der Waals surface area contributed by atoms with Crippen LogP contribution < -0.4 is 4.90 Å². The number of nitrogens with zero attached hydrogens (tertiary/aromatic N) is 2. The molecular formula is C51H38N2. The van der Waals surface area contributed by atoms with E-state index in [1.54, 1.807) is 0 Å². The van der Waals surface area contributed by atoms with Gasteiger partial charge in [-0.1, -0.05) is 147 Å². The van der Waals surface area contributed by atoms with Crippen molar-refractivity contribution in [2.24, 2.45) is 0 Å². The van der Waals surface area contributed by atoms with Gasteiger partial charge in [-0.05, 0) is 105 Å². The number of aromatic nitrogens is 1. The maximum Gasteiger partial charge on any atom is 0.0541 e. The Morgan fingerprint density at radius 1 is 0.377 bits per heavy atom. The Kier molecular flexibility index (Phi) is 7.19. The largest absolute Gasteiger partial charge is 0.310 e. The lowest BCUT2D eigenvalue weighted by molar-refractivity contribution is 0.660. The fraction of sp³-hybridized carbons (Fsp3) is 0.0588. The first kappa shape index (κ1) is 31.1. The second-order valence-electron chi connectivity index (χ2n) is 14.6.